The highest BCUT2D eigenvalue weighted by atomic mass is 17.0. The molecule has 49 heavy (non-hydrogen) atoms. The van der Waals surface area contributed by atoms with Crippen molar-refractivity contribution in [2.24, 2.45) is 17.8 Å². The minimum absolute atomic E-state index is 0.123. The summed E-state index contributed by atoms with van der Waals surface area (Å²) in [6.07, 6.45) is -4.83. The molecule has 2 heterocycles. The number of carbonyl (C=O) groups is 5. The van der Waals surface area contributed by atoms with Gasteiger partial charge in [0.25, 0.3) is 0 Å². The molecule has 0 unspecified atom stereocenters. The minimum atomic E-state index is -3.90. The quantitative estimate of drug-likeness (QED) is 0.0678. The van der Waals surface area contributed by atoms with Gasteiger partial charge in [-0.15, -0.1) is 0 Å². The molecule has 2 fully saturated rings. The number of aliphatic carboxylic acids is 3. The van der Waals surface area contributed by atoms with Gasteiger partial charge in [0.1, 0.15) is 12.2 Å². The van der Waals surface area contributed by atoms with Gasteiger partial charge in [-0.2, -0.15) is 0 Å². The fourth-order valence-electron chi connectivity index (χ4n) is 6.58. The van der Waals surface area contributed by atoms with Crippen molar-refractivity contribution in [3.63, 3.8) is 0 Å². The second kappa shape index (κ2) is 15.6. The van der Waals surface area contributed by atoms with E-state index < -0.39 is 77.7 Å². The number of hydrogen-bond donors (Lipinski definition) is 5. The topological polar surface area (TPSA) is 223 Å². The Kier molecular flexibility index (Phi) is 12.5. The Labute approximate surface area is 284 Å². The van der Waals surface area contributed by atoms with Crippen LogP contribution >= 0.6 is 0 Å². The van der Waals surface area contributed by atoms with E-state index in [0.29, 0.717) is 18.8 Å². The van der Waals surface area contributed by atoms with E-state index in [9.17, 15) is 49.5 Å². The van der Waals surface area contributed by atoms with E-state index in [0.717, 1.165) is 18.1 Å². The summed E-state index contributed by atoms with van der Waals surface area (Å²) in [5.41, 5.74) is -6.27. The Morgan fingerprint density at radius 2 is 1.67 bits per heavy atom. The zero-order valence-corrected chi connectivity index (χ0v) is 28.2. The molecule has 14 nitrogen and oxygen atoms in total. The van der Waals surface area contributed by atoms with Crippen LogP contribution in [0.3, 0.4) is 0 Å². The lowest BCUT2D eigenvalue weighted by Gasteiger charge is -2.48. The first-order chi connectivity index (χ1) is 22.9. The van der Waals surface area contributed by atoms with Gasteiger partial charge in [-0.05, 0) is 42.2 Å². The number of benzene rings is 1. The molecule has 14 heteroatoms. The summed E-state index contributed by atoms with van der Waals surface area (Å²) in [5.74, 6) is -11.3. The van der Waals surface area contributed by atoms with Gasteiger partial charge < -0.3 is 44.5 Å². The number of esters is 2. The third-order valence-corrected chi connectivity index (χ3v) is 9.29. The van der Waals surface area contributed by atoms with Crippen molar-refractivity contribution in [1.29, 1.82) is 0 Å². The van der Waals surface area contributed by atoms with Crippen molar-refractivity contribution in [1.82, 2.24) is 0 Å². The molecule has 2 bridgehead atoms. The molecule has 2 aliphatic heterocycles. The first kappa shape index (κ1) is 39.3. The minimum Gasteiger partial charge on any atom is -0.479 e. The van der Waals surface area contributed by atoms with Crippen LogP contribution in [-0.2, 0) is 49.3 Å². The summed E-state index contributed by atoms with van der Waals surface area (Å²) < 4.78 is 22.0. The second-order valence-corrected chi connectivity index (χ2v) is 13.1. The fraction of sp³-hybridized carbons (Fsp3) is 0.571. The van der Waals surface area contributed by atoms with Gasteiger partial charge in [-0.1, -0.05) is 77.1 Å². The lowest BCUT2D eigenvalue weighted by Crippen LogP contribution is -2.78. The molecular weight excluding hydrogens is 666 g/mol. The molecule has 5 N–H and O–H groups in total. The van der Waals surface area contributed by atoms with Gasteiger partial charge in [0, 0.05) is 25.3 Å². The zero-order chi connectivity index (χ0) is 36.9. The fourth-order valence-corrected chi connectivity index (χ4v) is 6.58. The zero-order valence-electron chi connectivity index (χ0n) is 28.2. The molecule has 2 saturated heterocycles. The molecule has 0 aliphatic carbocycles. The number of allylic oxidation sites excluding steroid dienone is 1. The number of fused-ring (bicyclic) bond motifs is 2. The Hall–Kier alpha value is -4.11. The van der Waals surface area contributed by atoms with E-state index >= 15 is 0 Å². The number of carboxylic acid groups (broad SMARTS) is 3. The standard InChI is InChI=1S/C35H46O14/c1-7-19(2)17-20(3)13-14-25(37)47-28-27(38)33(48-29(30(39)40)34(45,31(41)42)35(28,49-33)32(43)44)16-15-21(4)26(46-23(6)36)22(5)18-24-11-9-8-10-12-24/h8-14,19-20,22,26-29,38,45H,4,7,15-18H2,1-3,5-6H3,(H,39,40)(H,41,42)(H,43,44)/b14-13+/t19-,20-,22-,26-,27-,28-,29-,33+,34-,35+/m1/s1/i1+1,7+1,13+1,14+1,15+1,16+1,17+1,19+1,20+1,21+1,22+1,25+1,26+1,27+1,28+1,29+1,30+1,31+1,32+1,33+1,34+1,35+1. The largest absolute Gasteiger partial charge is 0.479 e. The number of aliphatic hydroxyl groups excluding tert-OH is 1. The van der Waals surface area contributed by atoms with Crippen LogP contribution in [0.15, 0.2) is 54.6 Å². The van der Waals surface area contributed by atoms with Gasteiger partial charge in [0.05, 0.1) is 0 Å². The maximum atomic E-state index is 13.0. The highest BCUT2D eigenvalue weighted by Gasteiger charge is 2.85. The summed E-state index contributed by atoms with van der Waals surface area (Å²) in [4.78, 5) is 63.0. The predicted molar refractivity (Wildman–Crippen MR) is 171 cm³/mol. The first-order valence-corrected chi connectivity index (χ1v) is 16.1. The van der Waals surface area contributed by atoms with Crippen LogP contribution in [0.25, 0.3) is 0 Å². The molecule has 0 radical (unpaired) electrons. The maximum absolute atomic E-state index is 13.0. The van der Waals surface area contributed by atoms with Crippen LogP contribution in [0.2, 0.25) is 0 Å². The average molecular weight is 713 g/mol. The van der Waals surface area contributed by atoms with Gasteiger partial charge in [-0.3, -0.25) is 4.79 Å². The van der Waals surface area contributed by atoms with E-state index in [1.54, 1.807) is 6.92 Å². The molecule has 1 aromatic rings. The van der Waals surface area contributed by atoms with Crippen LogP contribution in [0.5, 0.6) is 0 Å². The van der Waals surface area contributed by atoms with Crippen molar-refractivity contribution in [2.45, 2.75) is 108 Å². The third kappa shape index (κ3) is 7.88. The molecular formula is C35H46O14. The van der Waals surface area contributed by atoms with Crippen LogP contribution in [-0.4, -0.2) is 96.8 Å². The highest BCUT2D eigenvalue weighted by Crippen LogP contribution is 2.56. The van der Waals surface area contributed by atoms with E-state index in [1.165, 1.54) is 13.0 Å². The number of aliphatic hydroxyl groups is 2. The molecule has 2 aliphatic rings. The lowest BCUT2D eigenvalue weighted by atomic mass is 10.2. The van der Waals surface area contributed by atoms with Crippen LogP contribution in [0.1, 0.15) is 65.9 Å². The first-order valence-electron chi connectivity index (χ1n) is 16.1. The molecule has 0 aromatic heterocycles. The van der Waals surface area contributed by atoms with Crippen molar-refractivity contribution < 1.29 is 68.5 Å². The average Bonchev–Trinajstić information content (AvgIpc) is 3.25. The molecule has 0 amide bonds. The Morgan fingerprint density at radius 3 is 2.20 bits per heavy atom. The SMILES string of the molecule is C=[13C]([13CH2][13CH2][13C@]12O[13C@H]([13C](=O)O)[13C@@](O)([13C](=O)O)[13C@]([13C](=O)O)(O1)[13C@H](O[13C](=O)/[13CH]=[13CH]/[13C@@H](C)[13CH2][13C@H](C)[13CH2][13CH3])[13C@H]2O)[13C@@H](OC(C)=O)[13C@H](C)Cc1ccccc1. The predicted octanol–water partition coefficient (Wildman–Crippen LogP) is 2.88. The monoisotopic (exact) mass is 712 g/mol. The second-order valence-electron chi connectivity index (χ2n) is 13.1. The summed E-state index contributed by atoms with van der Waals surface area (Å²) >= 11 is 0. The van der Waals surface area contributed by atoms with Gasteiger partial charge in [-0.25, -0.2) is 19.2 Å². The summed E-state index contributed by atoms with van der Waals surface area (Å²) in [6, 6.07) is 9.29. The van der Waals surface area contributed by atoms with Gasteiger partial charge in [0.2, 0.25) is 23.1 Å². The van der Waals surface area contributed by atoms with E-state index in [-0.39, 0.29) is 23.8 Å². The molecule has 10 atom stereocenters. The molecule has 3 rings (SSSR count). The third-order valence-electron chi connectivity index (χ3n) is 9.29. The van der Waals surface area contributed by atoms with Gasteiger partial charge >= 0.3 is 29.8 Å². The highest BCUT2D eigenvalue weighted by molar-refractivity contribution is 5.98. The van der Waals surface area contributed by atoms with Crippen LogP contribution in [0, 0.1) is 17.8 Å². The maximum Gasteiger partial charge on any atom is 0.344 e. The summed E-state index contributed by atoms with van der Waals surface area (Å²) in [7, 11) is 0. The lowest BCUT2D eigenvalue weighted by molar-refractivity contribution is -0.374. The number of carboxylic acids is 3. The van der Waals surface area contributed by atoms with Crippen molar-refractivity contribution in [2.75, 3.05) is 0 Å². The number of rotatable bonds is 17. The van der Waals surface area contributed by atoms with Crippen molar-refractivity contribution in [3.05, 3.63) is 60.2 Å². The number of carbonyl (C=O) groups excluding carboxylic acids is 2. The Bertz CT molecular complexity index is 1440. The van der Waals surface area contributed by atoms with Gasteiger partial charge in [0.15, 0.2) is 6.10 Å². The van der Waals surface area contributed by atoms with Crippen LogP contribution in [0.4, 0.5) is 0 Å². The van der Waals surface area contributed by atoms with E-state index in [4.69, 9.17) is 18.9 Å². The van der Waals surface area contributed by atoms with E-state index in [1.807, 2.05) is 51.1 Å². The summed E-state index contributed by atoms with van der Waals surface area (Å²) in [6.45, 7) is 12.9. The number of hydrogen-bond acceptors (Lipinski definition) is 11. The molecule has 0 spiro atoms. The number of ether oxygens (including phenoxy) is 4. The van der Waals surface area contributed by atoms with E-state index in [2.05, 4.69) is 6.58 Å². The smallest absolute Gasteiger partial charge is 0.344 e. The Balaban J connectivity index is 2.02. The summed E-state index contributed by atoms with van der Waals surface area (Å²) in [5, 5.41) is 53.5. The van der Waals surface area contributed by atoms with Crippen molar-refractivity contribution in [3.8, 4) is 0 Å². The normalized spacial score (nSPS) is 30.1. The van der Waals surface area contributed by atoms with Crippen LogP contribution < -0.4 is 0 Å². The molecule has 270 valence electrons. The Morgan fingerprint density at radius 1 is 1.04 bits per heavy atom. The molecule has 1 aromatic carbocycles. The molecule has 0 saturated carbocycles. The van der Waals surface area contributed by atoms with Crippen molar-refractivity contribution >= 4 is 29.8 Å².